The summed E-state index contributed by atoms with van der Waals surface area (Å²) < 4.78 is 34.7. The van der Waals surface area contributed by atoms with Crippen molar-refractivity contribution < 1.29 is 28.1 Å². The Morgan fingerprint density at radius 3 is 2.09 bits per heavy atom. The Kier molecular flexibility index (Phi) is 7.49. The molecule has 0 radical (unpaired) electrons. The fourth-order valence-corrected chi connectivity index (χ4v) is 3.83. The number of carbonyl (C=O) groups is 1. The van der Waals surface area contributed by atoms with Gasteiger partial charge in [-0.05, 0) is 48.5 Å². The minimum atomic E-state index is -0.348. The van der Waals surface area contributed by atoms with Gasteiger partial charge in [-0.1, -0.05) is 0 Å². The van der Waals surface area contributed by atoms with Gasteiger partial charge in [0.15, 0.2) is 23.9 Å². The number of halogens is 1. The average Bonchev–Trinajstić information content (AvgIpc) is 2.91. The molecule has 3 aromatic rings. The number of piperazine rings is 1. The molecule has 1 saturated heterocycles. The molecule has 0 unspecified atom stereocenters. The zero-order valence-electron chi connectivity index (χ0n) is 19.9. The van der Waals surface area contributed by atoms with Crippen LogP contribution in [-0.4, -0.2) is 75.1 Å². The lowest BCUT2D eigenvalue weighted by Gasteiger charge is -2.35. The summed E-state index contributed by atoms with van der Waals surface area (Å²) in [6, 6.07) is 13.0. The first-order valence-corrected chi connectivity index (χ1v) is 11.1. The first-order chi connectivity index (χ1) is 17.0. The lowest BCUT2D eigenvalue weighted by Crippen LogP contribution is -2.50. The fraction of sp³-hybridized carbons (Fsp3) is 0.320. The summed E-state index contributed by atoms with van der Waals surface area (Å²) in [5.74, 6) is 2.32. The molecule has 1 fully saturated rings. The second-order valence-corrected chi connectivity index (χ2v) is 7.80. The number of nitrogens with zero attached hydrogens (tertiary/aromatic N) is 4. The molecule has 0 aliphatic carbocycles. The number of rotatable bonds is 8. The number of benzene rings is 2. The van der Waals surface area contributed by atoms with E-state index in [1.807, 2.05) is 24.3 Å². The van der Waals surface area contributed by atoms with Gasteiger partial charge in [0, 0.05) is 31.7 Å². The number of methoxy groups -OCH3 is 3. The first kappa shape index (κ1) is 24.1. The van der Waals surface area contributed by atoms with E-state index in [2.05, 4.69) is 15.1 Å². The second kappa shape index (κ2) is 10.9. The molecule has 1 aliphatic rings. The van der Waals surface area contributed by atoms with Crippen LogP contribution >= 0.6 is 0 Å². The van der Waals surface area contributed by atoms with Crippen LogP contribution in [0.2, 0.25) is 0 Å². The minimum Gasteiger partial charge on any atom is -0.493 e. The van der Waals surface area contributed by atoms with Gasteiger partial charge in [0.25, 0.3) is 5.91 Å². The second-order valence-electron chi connectivity index (χ2n) is 7.80. The summed E-state index contributed by atoms with van der Waals surface area (Å²) in [7, 11) is 4.69. The zero-order valence-corrected chi connectivity index (χ0v) is 19.9. The molecule has 0 bridgehead atoms. The van der Waals surface area contributed by atoms with Crippen molar-refractivity contribution in [2.75, 3.05) is 59.0 Å². The Morgan fingerprint density at radius 2 is 1.54 bits per heavy atom. The summed E-state index contributed by atoms with van der Waals surface area (Å²) in [5, 5.41) is 8.77. The summed E-state index contributed by atoms with van der Waals surface area (Å²) in [6.45, 7) is 2.25. The van der Waals surface area contributed by atoms with Crippen molar-refractivity contribution in [3.05, 3.63) is 54.3 Å². The highest BCUT2D eigenvalue weighted by Gasteiger charge is 2.23. The van der Waals surface area contributed by atoms with Crippen LogP contribution in [0.4, 0.5) is 10.2 Å². The Hall–Kier alpha value is -4.08. The van der Waals surface area contributed by atoms with Gasteiger partial charge >= 0.3 is 0 Å². The molecule has 2 heterocycles. The van der Waals surface area contributed by atoms with E-state index < -0.39 is 0 Å². The third kappa shape index (κ3) is 5.53. The van der Waals surface area contributed by atoms with Crippen molar-refractivity contribution in [3.8, 4) is 34.3 Å². The van der Waals surface area contributed by atoms with Crippen LogP contribution in [0.1, 0.15) is 0 Å². The van der Waals surface area contributed by atoms with Gasteiger partial charge in [0.05, 0.1) is 27.0 Å². The van der Waals surface area contributed by atoms with Gasteiger partial charge in [0.1, 0.15) is 11.6 Å². The lowest BCUT2D eigenvalue weighted by atomic mass is 10.1. The van der Waals surface area contributed by atoms with E-state index in [4.69, 9.17) is 18.9 Å². The van der Waals surface area contributed by atoms with Gasteiger partial charge in [-0.25, -0.2) is 4.39 Å². The standard InChI is InChI=1S/C25H27FN4O5/c1-32-21-14-17(15-22(33-2)25(21)34-3)20-8-9-23(28-27-20)29-10-12-30(13-11-29)24(31)16-35-19-6-4-18(26)5-7-19/h4-9,14-15H,10-13,16H2,1-3H3. The van der Waals surface area contributed by atoms with E-state index in [1.165, 1.54) is 24.3 Å². The Morgan fingerprint density at radius 1 is 0.886 bits per heavy atom. The normalized spacial score (nSPS) is 13.4. The number of hydrogen-bond acceptors (Lipinski definition) is 8. The zero-order chi connectivity index (χ0) is 24.8. The number of aromatic nitrogens is 2. The SMILES string of the molecule is COc1cc(-c2ccc(N3CCN(C(=O)COc4ccc(F)cc4)CC3)nn2)cc(OC)c1OC. The molecule has 2 aromatic carbocycles. The monoisotopic (exact) mass is 482 g/mol. The minimum absolute atomic E-state index is 0.0884. The fourth-order valence-electron chi connectivity index (χ4n) is 3.83. The highest BCUT2D eigenvalue weighted by Crippen LogP contribution is 2.40. The quantitative estimate of drug-likeness (QED) is 0.484. The van der Waals surface area contributed by atoms with Crippen LogP contribution in [0.5, 0.6) is 23.0 Å². The number of amides is 1. The summed E-state index contributed by atoms with van der Waals surface area (Å²) >= 11 is 0. The smallest absolute Gasteiger partial charge is 0.260 e. The molecule has 0 spiro atoms. The van der Waals surface area contributed by atoms with Crippen LogP contribution in [0, 0.1) is 5.82 Å². The maximum atomic E-state index is 13.0. The molecule has 1 aromatic heterocycles. The molecule has 0 atom stereocenters. The van der Waals surface area contributed by atoms with Gasteiger partial charge in [-0.3, -0.25) is 4.79 Å². The van der Waals surface area contributed by atoms with E-state index in [9.17, 15) is 9.18 Å². The predicted molar refractivity (Wildman–Crippen MR) is 128 cm³/mol. The largest absolute Gasteiger partial charge is 0.493 e. The van der Waals surface area contributed by atoms with E-state index in [0.29, 0.717) is 54.9 Å². The molecular formula is C25H27FN4O5. The maximum Gasteiger partial charge on any atom is 0.260 e. The number of hydrogen-bond donors (Lipinski definition) is 0. The first-order valence-electron chi connectivity index (χ1n) is 11.1. The summed E-state index contributed by atoms with van der Waals surface area (Å²) in [6.07, 6.45) is 0. The molecule has 0 N–H and O–H groups in total. The molecule has 35 heavy (non-hydrogen) atoms. The van der Waals surface area contributed by atoms with Crippen LogP contribution in [-0.2, 0) is 4.79 Å². The highest BCUT2D eigenvalue weighted by atomic mass is 19.1. The molecule has 1 aliphatic heterocycles. The van der Waals surface area contributed by atoms with Crippen LogP contribution in [0.25, 0.3) is 11.3 Å². The topological polar surface area (TPSA) is 86.3 Å². The van der Waals surface area contributed by atoms with E-state index in [1.54, 1.807) is 26.2 Å². The summed E-state index contributed by atoms with van der Waals surface area (Å²) in [5.41, 5.74) is 1.45. The van der Waals surface area contributed by atoms with Crippen molar-refractivity contribution in [3.63, 3.8) is 0 Å². The molecule has 10 heteroatoms. The molecular weight excluding hydrogens is 455 g/mol. The third-order valence-corrected chi connectivity index (χ3v) is 5.74. The third-order valence-electron chi connectivity index (χ3n) is 5.74. The van der Waals surface area contributed by atoms with Gasteiger partial charge in [-0.2, -0.15) is 0 Å². The Bertz CT molecular complexity index is 1120. The van der Waals surface area contributed by atoms with Crippen molar-refractivity contribution in [1.82, 2.24) is 15.1 Å². The van der Waals surface area contributed by atoms with E-state index in [-0.39, 0.29) is 18.3 Å². The van der Waals surface area contributed by atoms with Gasteiger partial charge < -0.3 is 28.7 Å². The number of carbonyl (C=O) groups excluding carboxylic acids is 1. The Labute approximate surface area is 203 Å². The molecule has 0 saturated carbocycles. The van der Waals surface area contributed by atoms with Gasteiger partial charge in [0.2, 0.25) is 5.75 Å². The number of anilines is 1. The Balaban J connectivity index is 1.35. The molecule has 184 valence electrons. The van der Waals surface area contributed by atoms with Crippen molar-refractivity contribution in [2.45, 2.75) is 0 Å². The van der Waals surface area contributed by atoms with Gasteiger partial charge in [-0.15, -0.1) is 10.2 Å². The van der Waals surface area contributed by atoms with Crippen molar-refractivity contribution in [2.24, 2.45) is 0 Å². The van der Waals surface area contributed by atoms with Crippen molar-refractivity contribution >= 4 is 11.7 Å². The number of ether oxygens (including phenoxy) is 4. The van der Waals surface area contributed by atoms with E-state index >= 15 is 0 Å². The van der Waals surface area contributed by atoms with E-state index in [0.717, 1.165) is 11.4 Å². The predicted octanol–water partition coefficient (Wildman–Crippen LogP) is 3.04. The molecule has 9 nitrogen and oxygen atoms in total. The van der Waals surface area contributed by atoms with Crippen LogP contribution < -0.4 is 23.8 Å². The molecule has 4 rings (SSSR count). The lowest BCUT2D eigenvalue weighted by molar-refractivity contribution is -0.133. The average molecular weight is 483 g/mol. The summed E-state index contributed by atoms with van der Waals surface area (Å²) in [4.78, 5) is 16.3. The molecule has 1 amide bonds. The van der Waals surface area contributed by atoms with Crippen molar-refractivity contribution in [1.29, 1.82) is 0 Å². The maximum absolute atomic E-state index is 13.0. The van der Waals surface area contributed by atoms with Crippen LogP contribution in [0.15, 0.2) is 48.5 Å². The highest BCUT2D eigenvalue weighted by molar-refractivity contribution is 5.78. The van der Waals surface area contributed by atoms with Crippen LogP contribution in [0.3, 0.4) is 0 Å².